The Morgan fingerprint density at radius 1 is 1.10 bits per heavy atom. The van der Waals surface area contributed by atoms with E-state index in [1.165, 1.54) is 11.0 Å². The Morgan fingerprint density at radius 2 is 1.60 bits per heavy atom. The van der Waals surface area contributed by atoms with Gasteiger partial charge in [0, 0.05) is 6.08 Å². The van der Waals surface area contributed by atoms with Gasteiger partial charge in [-0.25, -0.2) is 10.0 Å². The number of carbonyl (C=O) groups excluding carboxylic acids is 3. The molecule has 0 aromatic carbocycles. The van der Waals surface area contributed by atoms with E-state index in [1.807, 2.05) is 0 Å². The van der Waals surface area contributed by atoms with E-state index < -0.39 is 36.8 Å². The molecule has 0 aromatic heterocycles. The van der Waals surface area contributed by atoms with Crippen LogP contribution in [0.15, 0.2) is 23.1 Å². The maximum Gasteiger partial charge on any atom is 0.325 e. The van der Waals surface area contributed by atoms with E-state index >= 15 is 0 Å². The van der Waals surface area contributed by atoms with Gasteiger partial charge in [-0.05, 0) is 11.1 Å². The van der Waals surface area contributed by atoms with Crippen LogP contribution in [0.1, 0.15) is 0 Å². The molecule has 0 rings (SSSR count). The van der Waals surface area contributed by atoms with Crippen molar-refractivity contribution in [2.75, 3.05) is 13.1 Å². The zero-order chi connectivity index (χ0) is 15.7. The van der Waals surface area contributed by atoms with Crippen molar-refractivity contribution in [3.8, 4) is 0 Å². The Bertz CT molecular complexity index is 424. The normalized spacial score (nSPS) is 10.7. The Hall–Kier alpha value is -2.10. The molecular weight excluding hydrogens is 333 g/mol. The summed E-state index contributed by atoms with van der Waals surface area (Å²) >= 11 is 2.87. The monoisotopic (exact) mass is 345 g/mol. The summed E-state index contributed by atoms with van der Waals surface area (Å²) in [7, 11) is 1.56. The van der Waals surface area contributed by atoms with Crippen molar-refractivity contribution in [1.29, 1.82) is 0 Å². The van der Waals surface area contributed by atoms with Gasteiger partial charge in [-0.1, -0.05) is 15.9 Å². The van der Waals surface area contributed by atoms with Gasteiger partial charge in [0.05, 0.1) is 0 Å². The third-order valence-corrected chi connectivity index (χ3v) is 2.17. The first-order valence-corrected chi connectivity index (χ1v) is 6.27. The third-order valence-electron chi connectivity index (χ3n) is 1.91. The van der Waals surface area contributed by atoms with Crippen LogP contribution in [-0.2, 0) is 19.2 Å². The zero-order valence-electron chi connectivity index (χ0n) is 10.7. The Morgan fingerprint density at radius 3 is 2.00 bits per heavy atom. The van der Waals surface area contributed by atoms with Crippen molar-refractivity contribution in [1.82, 2.24) is 10.0 Å². The summed E-state index contributed by atoms with van der Waals surface area (Å²) in [6, 6.07) is 0. The second-order valence-electron chi connectivity index (χ2n) is 3.44. The van der Waals surface area contributed by atoms with E-state index in [0.29, 0.717) is 10.0 Å². The number of primary amides is 1. The van der Waals surface area contributed by atoms with Crippen molar-refractivity contribution in [3.05, 3.63) is 23.1 Å². The lowest BCUT2D eigenvalue weighted by Crippen LogP contribution is -2.53. The van der Waals surface area contributed by atoms with Gasteiger partial charge in [0.15, 0.2) is 0 Å². The number of nitrogens with two attached hydrogens (primary N) is 1. The fraction of sp³-hybridized carbons (Fsp3) is 0.200. The molecule has 0 bridgehead atoms. The molecule has 20 heavy (non-hydrogen) atoms. The molecule has 0 aliphatic carbocycles. The number of hydrogen-bond acceptors (Lipinski definition) is 4. The Kier molecular flexibility index (Phi) is 7.98. The number of carboxylic acid groups (broad SMARTS) is 1. The van der Waals surface area contributed by atoms with E-state index in [4.69, 9.17) is 10.8 Å². The molecule has 0 spiro atoms. The molecule has 108 valence electrons. The molecule has 0 aliphatic heterocycles. The second kappa shape index (κ2) is 8.91. The molecule has 0 radical (unpaired) electrons. The molecule has 0 saturated carbocycles. The lowest BCUT2D eigenvalue weighted by atomic mass is 10.1. The van der Waals surface area contributed by atoms with Gasteiger partial charge in [-0.3, -0.25) is 19.2 Å². The molecule has 0 aliphatic rings. The predicted molar refractivity (Wildman–Crippen MR) is 76.0 cm³/mol. The molecule has 3 amide bonds. The first-order valence-electron chi connectivity index (χ1n) is 5.36. The summed E-state index contributed by atoms with van der Waals surface area (Å²) < 4.78 is 0. The molecule has 0 fully saturated rings. The molecule has 3 N–H and O–H groups in total. The standard InChI is InChI=1S/C10H13BBrN3O5/c11-3-1-8(17)14(5-7(13)16)15(6-10(19)20)9(18)2-4-12/h1-4H,5-6,11H2,(H2,13,16)(H,19,20)/b3-1+,4-2+. The smallest absolute Gasteiger partial charge is 0.325 e. The lowest BCUT2D eigenvalue weighted by molar-refractivity contribution is -0.165. The summed E-state index contributed by atoms with van der Waals surface area (Å²) in [5.41, 5.74) is 5.00. The summed E-state index contributed by atoms with van der Waals surface area (Å²) in [6.45, 7) is -1.40. The first-order chi connectivity index (χ1) is 9.33. The number of hydrazine groups is 1. The summed E-state index contributed by atoms with van der Waals surface area (Å²) in [5, 5.41) is 10.1. The van der Waals surface area contributed by atoms with E-state index in [-0.39, 0.29) is 0 Å². The second-order valence-corrected chi connectivity index (χ2v) is 3.97. The minimum absolute atomic E-state index is 0.613. The summed E-state index contributed by atoms with van der Waals surface area (Å²) in [5.74, 6) is -2.36. The van der Waals surface area contributed by atoms with Gasteiger partial charge < -0.3 is 10.8 Å². The number of hydrogen-bond donors (Lipinski definition) is 2. The van der Waals surface area contributed by atoms with Gasteiger partial charge >= 0.3 is 5.97 Å². The van der Waals surface area contributed by atoms with E-state index in [2.05, 4.69) is 15.9 Å². The maximum absolute atomic E-state index is 11.8. The first kappa shape index (κ1) is 17.9. The highest BCUT2D eigenvalue weighted by atomic mass is 79.9. The van der Waals surface area contributed by atoms with Crippen LogP contribution in [0.4, 0.5) is 0 Å². The quantitative estimate of drug-likeness (QED) is 0.333. The van der Waals surface area contributed by atoms with Gasteiger partial charge in [-0.2, -0.15) is 0 Å². The van der Waals surface area contributed by atoms with Crippen molar-refractivity contribution in [2.45, 2.75) is 0 Å². The lowest BCUT2D eigenvalue weighted by Gasteiger charge is -2.31. The van der Waals surface area contributed by atoms with Gasteiger partial charge in [0.25, 0.3) is 11.8 Å². The topological polar surface area (TPSA) is 121 Å². The molecule has 0 heterocycles. The third kappa shape index (κ3) is 6.18. The van der Waals surface area contributed by atoms with Crippen molar-refractivity contribution in [3.63, 3.8) is 0 Å². The number of rotatable bonds is 6. The van der Waals surface area contributed by atoms with Gasteiger partial charge in [0.2, 0.25) is 5.91 Å². The Balaban J connectivity index is 5.47. The molecular formula is C10H13BBrN3O5. The van der Waals surface area contributed by atoms with E-state index in [9.17, 15) is 19.2 Å². The molecule has 10 heteroatoms. The number of aliphatic carboxylic acids is 1. The summed E-state index contributed by atoms with van der Waals surface area (Å²) in [6.07, 6.45) is 2.09. The molecule has 0 saturated heterocycles. The number of amides is 3. The maximum atomic E-state index is 11.8. The number of nitrogens with zero attached hydrogens (tertiary/aromatic N) is 2. The zero-order valence-corrected chi connectivity index (χ0v) is 12.2. The van der Waals surface area contributed by atoms with Gasteiger partial charge in [-0.15, -0.1) is 5.98 Å². The highest BCUT2D eigenvalue weighted by molar-refractivity contribution is 9.11. The van der Waals surface area contributed by atoms with Crippen LogP contribution >= 0.6 is 15.9 Å². The van der Waals surface area contributed by atoms with Crippen LogP contribution in [0.2, 0.25) is 0 Å². The minimum Gasteiger partial charge on any atom is -0.480 e. The molecule has 8 nitrogen and oxygen atoms in total. The highest BCUT2D eigenvalue weighted by Crippen LogP contribution is 2.03. The van der Waals surface area contributed by atoms with Crippen LogP contribution in [-0.4, -0.2) is 59.8 Å². The average molecular weight is 346 g/mol. The largest absolute Gasteiger partial charge is 0.480 e. The van der Waals surface area contributed by atoms with E-state index in [1.54, 1.807) is 7.85 Å². The van der Waals surface area contributed by atoms with Crippen LogP contribution < -0.4 is 5.73 Å². The summed E-state index contributed by atoms with van der Waals surface area (Å²) in [4.78, 5) is 46.6. The fourth-order valence-electron chi connectivity index (χ4n) is 1.21. The molecule has 0 unspecified atom stereocenters. The number of halogens is 1. The van der Waals surface area contributed by atoms with Crippen molar-refractivity contribution < 1.29 is 24.3 Å². The number of carbonyl (C=O) groups is 4. The average Bonchev–Trinajstić information content (AvgIpc) is 2.33. The van der Waals surface area contributed by atoms with Gasteiger partial charge in [0.1, 0.15) is 20.9 Å². The predicted octanol–water partition coefficient (Wildman–Crippen LogP) is -1.82. The van der Waals surface area contributed by atoms with Crippen LogP contribution in [0.3, 0.4) is 0 Å². The minimum atomic E-state index is -1.34. The van der Waals surface area contributed by atoms with Crippen LogP contribution in [0.5, 0.6) is 0 Å². The van der Waals surface area contributed by atoms with Crippen molar-refractivity contribution in [2.24, 2.45) is 5.73 Å². The fourth-order valence-corrected chi connectivity index (χ4v) is 1.43. The Labute approximate surface area is 124 Å². The van der Waals surface area contributed by atoms with Crippen LogP contribution in [0, 0.1) is 0 Å². The highest BCUT2D eigenvalue weighted by Gasteiger charge is 2.26. The van der Waals surface area contributed by atoms with E-state index in [0.717, 1.165) is 12.2 Å². The molecule has 0 aromatic rings. The van der Waals surface area contributed by atoms with Crippen LogP contribution in [0.25, 0.3) is 0 Å². The number of carboxylic acids is 1. The molecule has 0 atom stereocenters. The SMILES string of the molecule is B/C=C/C(=O)N(CC(N)=O)N(CC(=O)O)C(=O)/C=C/Br. The van der Waals surface area contributed by atoms with Crippen molar-refractivity contribution >= 4 is 47.5 Å².